The summed E-state index contributed by atoms with van der Waals surface area (Å²) in [5.74, 6) is -2.06. The summed E-state index contributed by atoms with van der Waals surface area (Å²) in [5.41, 5.74) is -0.242. The molecule has 2 heterocycles. The number of carbonyl (C=O) groups is 5. The van der Waals surface area contributed by atoms with Crippen molar-refractivity contribution >= 4 is 50.6 Å². The molecule has 2 fully saturated rings. The normalized spacial score (nSPS) is 19.8. The van der Waals surface area contributed by atoms with E-state index in [0.29, 0.717) is 28.1 Å². The SMILES string of the molecule is C=CC(=O)NCC[C@H](NC(=O)OC(C)(C)C)C(=O)N1C[C@H](Oc2cc(-c3ccccc3)nc3cc(OC)ccc23)C[C@H]1C(=O)NC[C@]1(C(=O)NS(=O)(=O)c2ccccc2)C[C@H]1C=C. The van der Waals surface area contributed by atoms with Crippen LogP contribution in [-0.4, -0.2) is 98.6 Å². The Balaban J connectivity index is 1.31. The molecule has 4 N–H and O–H groups in total. The number of carbonyl (C=O) groups excluding carboxylic acids is 5. The minimum atomic E-state index is -4.24. The van der Waals surface area contributed by atoms with Crippen molar-refractivity contribution in [3.63, 3.8) is 0 Å². The molecule has 1 aliphatic heterocycles. The van der Waals surface area contributed by atoms with Gasteiger partial charge < -0.3 is 35.1 Å². The van der Waals surface area contributed by atoms with E-state index in [1.54, 1.807) is 58.2 Å². The van der Waals surface area contributed by atoms with Crippen LogP contribution in [-0.2, 0) is 33.9 Å². The molecular formula is C46H52N6O10S. The lowest BCUT2D eigenvalue weighted by Crippen LogP contribution is -2.55. The van der Waals surface area contributed by atoms with E-state index in [9.17, 15) is 32.4 Å². The first-order chi connectivity index (χ1) is 30.0. The molecule has 0 unspecified atom stereocenters. The highest BCUT2D eigenvalue weighted by atomic mass is 32.2. The van der Waals surface area contributed by atoms with E-state index in [2.05, 4.69) is 33.8 Å². The van der Waals surface area contributed by atoms with E-state index < -0.39 is 74.9 Å². The minimum absolute atomic E-state index is 0.0168. The number of aromatic nitrogens is 1. The molecular weight excluding hydrogens is 829 g/mol. The minimum Gasteiger partial charge on any atom is -0.497 e. The first kappa shape index (κ1) is 45.8. The highest BCUT2D eigenvalue weighted by molar-refractivity contribution is 7.90. The topological polar surface area (TPSA) is 211 Å². The van der Waals surface area contributed by atoms with Gasteiger partial charge in [-0.1, -0.05) is 61.2 Å². The summed E-state index contributed by atoms with van der Waals surface area (Å²) in [7, 11) is -2.69. The quantitative estimate of drug-likeness (QED) is 0.0847. The predicted molar refractivity (Wildman–Crippen MR) is 235 cm³/mol. The Kier molecular flexibility index (Phi) is 13.9. The maximum Gasteiger partial charge on any atom is 0.408 e. The molecule has 3 aromatic carbocycles. The van der Waals surface area contributed by atoms with Gasteiger partial charge in [0.2, 0.25) is 23.6 Å². The molecule has 5 amide bonds. The fourth-order valence-corrected chi connectivity index (χ4v) is 8.54. The third-order valence-electron chi connectivity index (χ3n) is 10.8. The number of likely N-dealkylation sites (tertiary alicyclic amines) is 1. The van der Waals surface area contributed by atoms with Crippen LogP contribution < -0.4 is 30.1 Å². The van der Waals surface area contributed by atoms with E-state index >= 15 is 0 Å². The first-order valence-electron chi connectivity index (χ1n) is 20.4. The Labute approximate surface area is 366 Å². The standard InChI is InChI=1S/C46H52N6O10S/c1-7-30-26-46(30,43(56)51-63(58,59)33-17-13-10-14-18-33)28-48-41(54)38-24-32(27-52(38)42(55)35(21-22-47-40(53)8-2)50-44(57)62-45(3,4)5)61-39-25-36(29-15-11-9-12-16-29)49-37-23-31(60-6)19-20-34(37)39/h7-20,23,25,30,32,35,38H,1-2,21-22,24,26-28H2,3-6H3,(H,47,53)(H,48,54)(H,50,57)(H,51,56)/t30-,32-,35+,38+,46-/m1/s1. The maximum absolute atomic E-state index is 14.7. The number of allylic oxidation sites excluding steroid dienone is 1. The van der Waals surface area contributed by atoms with Crippen molar-refractivity contribution in [1.82, 2.24) is 30.6 Å². The summed E-state index contributed by atoms with van der Waals surface area (Å²) in [5, 5.41) is 8.69. The molecule has 63 heavy (non-hydrogen) atoms. The van der Waals surface area contributed by atoms with Crippen molar-refractivity contribution in [1.29, 1.82) is 0 Å². The van der Waals surface area contributed by atoms with E-state index in [1.807, 2.05) is 30.3 Å². The van der Waals surface area contributed by atoms with Gasteiger partial charge in [-0.2, -0.15) is 0 Å². The number of fused-ring (bicyclic) bond motifs is 1. The molecule has 1 aliphatic carbocycles. The van der Waals surface area contributed by atoms with E-state index in [0.717, 1.165) is 11.6 Å². The lowest BCUT2D eigenvalue weighted by Gasteiger charge is -2.29. The number of methoxy groups -OCH3 is 1. The number of hydrogen-bond acceptors (Lipinski definition) is 11. The average molecular weight is 881 g/mol. The molecule has 1 saturated heterocycles. The van der Waals surface area contributed by atoms with Crippen LogP contribution in [0.1, 0.15) is 40.0 Å². The number of amides is 5. The number of alkyl carbamates (subject to hydrolysis) is 1. The van der Waals surface area contributed by atoms with Gasteiger partial charge in [-0.25, -0.2) is 22.9 Å². The Bertz CT molecular complexity index is 2500. The Morgan fingerprint density at radius 3 is 2.30 bits per heavy atom. The second-order valence-corrected chi connectivity index (χ2v) is 18.1. The summed E-state index contributed by atoms with van der Waals surface area (Å²) in [6.45, 7) is 11.8. The highest BCUT2D eigenvalue weighted by Crippen LogP contribution is 2.53. The average Bonchev–Trinajstić information content (AvgIpc) is 3.85. The van der Waals surface area contributed by atoms with Gasteiger partial charge in [0.1, 0.15) is 35.3 Å². The Morgan fingerprint density at radius 1 is 0.968 bits per heavy atom. The van der Waals surface area contributed by atoms with Crippen molar-refractivity contribution < 1.29 is 46.6 Å². The van der Waals surface area contributed by atoms with Crippen molar-refractivity contribution in [3.8, 4) is 22.8 Å². The molecule has 2 aliphatic rings. The number of hydrogen-bond donors (Lipinski definition) is 4. The lowest BCUT2D eigenvalue weighted by molar-refractivity contribution is -0.140. The molecule has 4 aromatic rings. The predicted octanol–water partition coefficient (Wildman–Crippen LogP) is 4.66. The number of nitrogens with one attached hydrogen (secondary N) is 4. The second kappa shape index (κ2) is 19.1. The van der Waals surface area contributed by atoms with E-state index in [1.165, 1.54) is 35.2 Å². The molecule has 6 rings (SSSR count). The summed E-state index contributed by atoms with van der Waals surface area (Å²) < 4.78 is 46.1. The Hall–Kier alpha value is -6.75. The number of sulfonamides is 1. The second-order valence-electron chi connectivity index (χ2n) is 16.4. The van der Waals surface area contributed by atoms with Gasteiger partial charge in [0.15, 0.2) is 0 Å². The van der Waals surface area contributed by atoms with Crippen LogP contribution >= 0.6 is 0 Å². The first-order valence-corrected chi connectivity index (χ1v) is 21.9. The number of rotatable bonds is 17. The summed E-state index contributed by atoms with van der Waals surface area (Å²) in [4.78, 5) is 74.0. The molecule has 0 spiro atoms. The highest BCUT2D eigenvalue weighted by Gasteiger charge is 2.59. The van der Waals surface area contributed by atoms with Crippen molar-refractivity contribution in [2.45, 2.75) is 68.7 Å². The van der Waals surface area contributed by atoms with Crippen molar-refractivity contribution in [2.24, 2.45) is 11.3 Å². The number of nitrogens with zero attached hydrogens (tertiary/aromatic N) is 2. The van der Waals surface area contributed by atoms with Crippen molar-refractivity contribution in [2.75, 3.05) is 26.7 Å². The molecule has 17 heteroatoms. The van der Waals surface area contributed by atoms with Gasteiger partial charge in [-0.05, 0) is 69.9 Å². The fraction of sp³-hybridized carbons (Fsp3) is 0.348. The van der Waals surface area contributed by atoms with Gasteiger partial charge in [0.25, 0.3) is 10.0 Å². The van der Waals surface area contributed by atoms with Crippen LogP contribution in [0, 0.1) is 11.3 Å². The molecule has 16 nitrogen and oxygen atoms in total. The number of ether oxygens (including phenoxy) is 3. The molecule has 0 bridgehead atoms. The fourth-order valence-electron chi connectivity index (χ4n) is 7.46. The zero-order valence-corrected chi connectivity index (χ0v) is 36.4. The van der Waals surface area contributed by atoms with Gasteiger partial charge in [-0.15, -0.1) is 6.58 Å². The van der Waals surface area contributed by atoms with Gasteiger partial charge >= 0.3 is 6.09 Å². The van der Waals surface area contributed by atoms with E-state index in [-0.39, 0.29) is 43.8 Å². The maximum atomic E-state index is 14.7. The third-order valence-corrected chi connectivity index (χ3v) is 12.2. The van der Waals surface area contributed by atoms with Gasteiger partial charge in [-0.3, -0.25) is 19.2 Å². The number of benzene rings is 3. The van der Waals surface area contributed by atoms with Crippen LogP contribution in [0.3, 0.4) is 0 Å². The molecule has 1 aromatic heterocycles. The summed E-state index contributed by atoms with van der Waals surface area (Å²) in [6.07, 6.45) is 1.06. The van der Waals surface area contributed by atoms with Crippen LogP contribution in [0.25, 0.3) is 22.2 Å². The third kappa shape index (κ3) is 11.0. The largest absolute Gasteiger partial charge is 0.497 e. The summed E-state index contributed by atoms with van der Waals surface area (Å²) >= 11 is 0. The van der Waals surface area contributed by atoms with Gasteiger partial charge in [0.05, 0.1) is 35.2 Å². The van der Waals surface area contributed by atoms with Crippen molar-refractivity contribution in [3.05, 3.63) is 110 Å². The van der Waals surface area contributed by atoms with Gasteiger partial charge in [0, 0.05) is 42.6 Å². The van der Waals surface area contributed by atoms with Crippen LogP contribution in [0.4, 0.5) is 4.79 Å². The van der Waals surface area contributed by atoms with E-state index in [4.69, 9.17) is 19.2 Å². The molecule has 0 radical (unpaired) electrons. The van der Waals surface area contributed by atoms with Crippen LogP contribution in [0.15, 0.2) is 115 Å². The molecule has 5 atom stereocenters. The molecule has 1 saturated carbocycles. The zero-order valence-electron chi connectivity index (χ0n) is 35.6. The zero-order chi connectivity index (χ0) is 45.5. The molecule has 332 valence electrons. The van der Waals surface area contributed by atoms with Crippen LogP contribution in [0.5, 0.6) is 11.5 Å². The Morgan fingerprint density at radius 2 is 1.67 bits per heavy atom. The monoisotopic (exact) mass is 880 g/mol. The smallest absolute Gasteiger partial charge is 0.408 e. The summed E-state index contributed by atoms with van der Waals surface area (Å²) in [6, 6.07) is 21.6. The van der Waals surface area contributed by atoms with Crippen LogP contribution in [0.2, 0.25) is 0 Å². The lowest BCUT2D eigenvalue weighted by atomic mass is 10.0. The number of pyridine rings is 1.